The number of methoxy groups -OCH3 is 1. The number of carbonyl (C=O) groups excluding carboxylic acids is 4. The van der Waals surface area contributed by atoms with Crippen LogP contribution in [0.5, 0.6) is 5.75 Å². The number of ether oxygens (including phenoxy) is 1. The van der Waals surface area contributed by atoms with E-state index >= 15 is 0 Å². The maximum Gasteiger partial charge on any atom is 0.334 e. The number of Topliss-reactive ketones (excluding diaryl/α,β-unsaturated/α-hetero) is 1. The van der Waals surface area contributed by atoms with Crippen molar-refractivity contribution in [3.8, 4) is 5.75 Å². The lowest BCUT2D eigenvalue weighted by molar-refractivity contribution is -0.143. The topological polar surface area (TPSA) is 84.0 Å². The predicted octanol–water partition coefficient (Wildman–Crippen LogP) is 2.56. The molecular weight excluding hydrogens is 348 g/mol. The van der Waals surface area contributed by atoms with Gasteiger partial charge in [0.1, 0.15) is 5.75 Å². The number of hydrogen-bond donors (Lipinski definition) is 0. The first kappa shape index (κ1) is 18.8. The van der Waals surface area contributed by atoms with Crippen molar-refractivity contribution in [1.29, 1.82) is 0 Å². The first-order valence-corrected chi connectivity index (χ1v) is 9.03. The fraction of sp³-hybridized carbons (Fsp3) is 0.400. The van der Waals surface area contributed by atoms with Gasteiger partial charge in [-0.25, -0.2) is 9.69 Å². The van der Waals surface area contributed by atoms with E-state index in [0.717, 1.165) is 35.5 Å². The van der Waals surface area contributed by atoms with Crippen LogP contribution < -0.4 is 4.74 Å². The molecule has 1 fully saturated rings. The van der Waals surface area contributed by atoms with Crippen molar-refractivity contribution in [3.63, 3.8) is 0 Å². The summed E-state index contributed by atoms with van der Waals surface area (Å²) < 4.78 is 5.07. The van der Waals surface area contributed by atoms with Crippen molar-refractivity contribution in [3.05, 3.63) is 41.5 Å². The van der Waals surface area contributed by atoms with Crippen LogP contribution in [0, 0.1) is 0 Å². The molecular formula is C20H22N2O5. The zero-order valence-corrected chi connectivity index (χ0v) is 15.3. The average Bonchev–Trinajstić information content (AvgIpc) is 2.90. The molecule has 7 heteroatoms. The highest BCUT2D eigenvalue weighted by Gasteiger charge is 2.44. The summed E-state index contributed by atoms with van der Waals surface area (Å²) in [6, 6.07) is 5.72. The monoisotopic (exact) mass is 370 g/mol. The van der Waals surface area contributed by atoms with Crippen LogP contribution in [0.3, 0.4) is 0 Å². The van der Waals surface area contributed by atoms with E-state index < -0.39 is 30.2 Å². The number of benzene rings is 1. The number of nitrogens with zero attached hydrogens (tertiary/aromatic N) is 2. The van der Waals surface area contributed by atoms with Crippen LogP contribution in [0.4, 0.5) is 4.79 Å². The molecule has 1 aliphatic carbocycles. The Kier molecular flexibility index (Phi) is 5.69. The van der Waals surface area contributed by atoms with Gasteiger partial charge >= 0.3 is 17.8 Å². The largest absolute Gasteiger partial charge is 0.497 e. The first-order chi connectivity index (χ1) is 13.0. The molecule has 142 valence electrons. The molecule has 1 heterocycles. The van der Waals surface area contributed by atoms with E-state index in [1.54, 1.807) is 18.2 Å². The Balaban J connectivity index is 1.66. The fourth-order valence-electron chi connectivity index (χ4n) is 3.31. The first-order valence-electron chi connectivity index (χ1n) is 9.03. The molecule has 4 amide bonds. The molecule has 0 unspecified atom stereocenters. The summed E-state index contributed by atoms with van der Waals surface area (Å²) in [5.41, 5.74) is 1.52. The summed E-state index contributed by atoms with van der Waals surface area (Å²) in [5, 5.41) is 0. The number of rotatable bonds is 7. The summed E-state index contributed by atoms with van der Waals surface area (Å²) in [6.45, 7) is -0.297. The molecule has 1 aliphatic heterocycles. The van der Waals surface area contributed by atoms with Gasteiger partial charge < -0.3 is 4.74 Å². The van der Waals surface area contributed by atoms with Crippen molar-refractivity contribution in [2.75, 3.05) is 20.2 Å². The molecule has 0 spiro atoms. The lowest BCUT2D eigenvalue weighted by Gasteiger charge is -2.17. The summed E-state index contributed by atoms with van der Waals surface area (Å²) >= 11 is 0. The molecule has 1 saturated heterocycles. The van der Waals surface area contributed by atoms with E-state index in [1.165, 1.54) is 18.7 Å². The summed E-state index contributed by atoms with van der Waals surface area (Å²) in [5.74, 6) is -1.75. The summed E-state index contributed by atoms with van der Waals surface area (Å²) in [7, 11) is 1.48. The van der Waals surface area contributed by atoms with Gasteiger partial charge in [-0.3, -0.25) is 19.3 Å². The third-order valence-corrected chi connectivity index (χ3v) is 4.87. The quantitative estimate of drug-likeness (QED) is 0.319. The Labute approximate surface area is 157 Å². The smallest absolute Gasteiger partial charge is 0.334 e. The van der Waals surface area contributed by atoms with Crippen molar-refractivity contribution in [2.24, 2.45) is 0 Å². The fourth-order valence-corrected chi connectivity index (χ4v) is 3.31. The Hall–Kier alpha value is -2.96. The van der Waals surface area contributed by atoms with Gasteiger partial charge in [0, 0.05) is 12.1 Å². The number of amides is 4. The van der Waals surface area contributed by atoms with E-state index in [9.17, 15) is 19.2 Å². The standard InChI is InChI=1S/C20H22N2O5/c1-27-16-9-5-8-15(12-16)17(23)13-22-19(25)18(24)21(20(22)26)11-10-14-6-3-2-4-7-14/h5-6,8-9,12H,2-4,7,10-11,13H2,1H3. The van der Waals surface area contributed by atoms with E-state index in [-0.39, 0.29) is 6.54 Å². The van der Waals surface area contributed by atoms with Crippen molar-refractivity contribution >= 4 is 23.6 Å². The second-order valence-electron chi connectivity index (χ2n) is 6.64. The maximum atomic E-state index is 12.5. The number of carbonyl (C=O) groups is 4. The number of hydrogen-bond acceptors (Lipinski definition) is 5. The minimum absolute atomic E-state index is 0.166. The summed E-state index contributed by atoms with van der Waals surface area (Å²) in [6.07, 6.45) is 6.94. The molecule has 0 bridgehead atoms. The van der Waals surface area contributed by atoms with E-state index in [0.29, 0.717) is 17.7 Å². The van der Waals surface area contributed by atoms with Gasteiger partial charge in [-0.1, -0.05) is 23.8 Å². The maximum absolute atomic E-state index is 12.5. The number of allylic oxidation sites excluding steroid dienone is 1. The molecule has 0 radical (unpaired) electrons. The normalized spacial score (nSPS) is 17.4. The van der Waals surface area contributed by atoms with Gasteiger partial charge in [-0.2, -0.15) is 0 Å². The Morgan fingerprint density at radius 3 is 2.59 bits per heavy atom. The molecule has 1 aromatic rings. The molecule has 0 atom stereocenters. The molecule has 27 heavy (non-hydrogen) atoms. The second kappa shape index (κ2) is 8.16. The van der Waals surface area contributed by atoms with Crippen LogP contribution >= 0.6 is 0 Å². The second-order valence-corrected chi connectivity index (χ2v) is 6.64. The molecule has 1 aromatic carbocycles. The Morgan fingerprint density at radius 1 is 1.11 bits per heavy atom. The number of imide groups is 2. The van der Waals surface area contributed by atoms with Gasteiger partial charge in [-0.05, 0) is 44.2 Å². The van der Waals surface area contributed by atoms with Gasteiger partial charge in [0.05, 0.1) is 13.7 Å². The van der Waals surface area contributed by atoms with Gasteiger partial charge in [-0.15, -0.1) is 0 Å². The molecule has 3 rings (SSSR count). The average molecular weight is 370 g/mol. The number of urea groups is 1. The molecule has 2 aliphatic rings. The lowest BCUT2D eigenvalue weighted by Crippen LogP contribution is -2.37. The third kappa shape index (κ3) is 4.07. The molecule has 0 aromatic heterocycles. The predicted molar refractivity (Wildman–Crippen MR) is 97.3 cm³/mol. The molecule has 0 N–H and O–H groups in total. The molecule has 0 saturated carbocycles. The minimum Gasteiger partial charge on any atom is -0.497 e. The van der Waals surface area contributed by atoms with Crippen LogP contribution in [0.25, 0.3) is 0 Å². The highest BCUT2D eigenvalue weighted by atomic mass is 16.5. The third-order valence-electron chi connectivity index (χ3n) is 4.87. The van der Waals surface area contributed by atoms with E-state index in [4.69, 9.17) is 4.74 Å². The highest BCUT2D eigenvalue weighted by Crippen LogP contribution is 2.22. The zero-order chi connectivity index (χ0) is 19.4. The van der Waals surface area contributed by atoms with E-state index in [2.05, 4.69) is 6.08 Å². The van der Waals surface area contributed by atoms with Crippen molar-refractivity contribution in [1.82, 2.24) is 9.80 Å². The molecule has 7 nitrogen and oxygen atoms in total. The highest BCUT2D eigenvalue weighted by molar-refractivity contribution is 6.45. The van der Waals surface area contributed by atoms with Crippen LogP contribution in [0.1, 0.15) is 42.5 Å². The minimum atomic E-state index is -0.950. The Morgan fingerprint density at radius 2 is 1.89 bits per heavy atom. The van der Waals surface area contributed by atoms with Crippen LogP contribution in [0.2, 0.25) is 0 Å². The zero-order valence-electron chi connectivity index (χ0n) is 15.3. The van der Waals surface area contributed by atoms with E-state index in [1.807, 2.05) is 0 Å². The van der Waals surface area contributed by atoms with Crippen LogP contribution in [-0.4, -0.2) is 53.6 Å². The van der Waals surface area contributed by atoms with Crippen LogP contribution in [-0.2, 0) is 9.59 Å². The van der Waals surface area contributed by atoms with Gasteiger partial charge in [0.25, 0.3) is 0 Å². The van der Waals surface area contributed by atoms with Crippen molar-refractivity contribution in [2.45, 2.75) is 32.1 Å². The number of ketones is 1. The van der Waals surface area contributed by atoms with Gasteiger partial charge in [0.15, 0.2) is 5.78 Å². The lowest BCUT2D eigenvalue weighted by atomic mass is 9.97. The Bertz CT molecular complexity index is 814. The van der Waals surface area contributed by atoms with Crippen LogP contribution in [0.15, 0.2) is 35.9 Å². The van der Waals surface area contributed by atoms with Gasteiger partial charge in [0.2, 0.25) is 0 Å². The summed E-state index contributed by atoms with van der Waals surface area (Å²) in [4.78, 5) is 51.0. The van der Waals surface area contributed by atoms with Crippen molar-refractivity contribution < 1.29 is 23.9 Å². The SMILES string of the molecule is COc1cccc(C(=O)CN2C(=O)C(=O)N(CCC3=CCCCC3)C2=O)c1.